The number of hydrogen-bond acceptors (Lipinski definition) is 6. The summed E-state index contributed by atoms with van der Waals surface area (Å²) < 4.78 is 31.3. The lowest BCUT2D eigenvalue weighted by Crippen LogP contribution is -2.45. The molecule has 0 aromatic heterocycles. The molecule has 0 bridgehead atoms. The Hall–Kier alpha value is -2.46. The Kier molecular flexibility index (Phi) is 5.68. The number of methoxy groups -OCH3 is 1. The van der Waals surface area contributed by atoms with E-state index in [4.69, 9.17) is 15.0 Å². The van der Waals surface area contributed by atoms with E-state index in [9.17, 15) is 18.8 Å². The molecular formula is C20H26BFN2O6. The van der Waals surface area contributed by atoms with Crippen molar-refractivity contribution >= 4 is 30.4 Å². The largest absolute Gasteiger partial charge is 0.497 e. The number of hydrogen-bond donors (Lipinski definition) is 1. The molecule has 10 heteroatoms. The first-order chi connectivity index (χ1) is 13.9. The second-order valence-corrected chi connectivity index (χ2v) is 8.59. The van der Waals surface area contributed by atoms with Crippen LogP contribution in [0.15, 0.2) is 12.1 Å². The molecule has 1 atom stereocenters. The summed E-state index contributed by atoms with van der Waals surface area (Å²) in [6, 6.07) is 1.66. The van der Waals surface area contributed by atoms with Crippen LogP contribution in [-0.2, 0) is 30.2 Å². The SMILES string of the molecule is COC(=O)CCC(C(N)=O)N1Cc2cc(B3OC(C)(C)C(C)(C)O3)c(F)cc2C1=O. The monoisotopic (exact) mass is 420 g/mol. The third-order valence-electron chi connectivity index (χ3n) is 6.12. The number of carbonyl (C=O) groups excluding carboxylic acids is 3. The summed E-state index contributed by atoms with van der Waals surface area (Å²) in [6.45, 7) is 7.52. The summed E-state index contributed by atoms with van der Waals surface area (Å²) in [5.74, 6) is -2.41. The van der Waals surface area contributed by atoms with Crippen molar-refractivity contribution in [2.45, 2.75) is 64.3 Å². The minimum atomic E-state index is -1.01. The maximum Gasteiger partial charge on any atom is 0.497 e. The molecule has 0 spiro atoms. The minimum Gasteiger partial charge on any atom is -0.469 e. The van der Waals surface area contributed by atoms with Crippen molar-refractivity contribution in [2.75, 3.05) is 7.11 Å². The number of benzene rings is 1. The number of amides is 2. The molecule has 1 saturated heterocycles. The molecule has 30 heavy (non-hydrogen) atoms. The zero-order valence-electron chi connectivity index (χ0n) is 17.8. The van der Waals surface area contributed by atoms with Crippen LogP contribution in [0.1, 0.15) is 56.5 Å². The number of ether oxygens (including phenoxy) is 1. The quantitative estimate of drug-likeness (QED) is 0.541. The van der Waals surface area contributed by atoms with Crippen molar-refractivity contribution in [1.82, 2.24) is 4.90 Å². The first-order valence-corrected chi connectivity index (χ1v) is 9.73. The van der Waals surface area contributed by atoms with Gasteiger partial charge in [-0.3, -0.25) is 14.4 Å². The number of esters is 1. The number of nitrogens with zero attached hydrogens (tertiary/aromatic N) is 1. The molecule has 8 nitrogen and oxygen atoms in total. The van der Waals surface area contributed by atoms with E-state index in [1.807, 2.05) is 27.7 Å². The van der Waals surface area contributed by atoms with E-state index in [2.05, 4.69) is 4.74 Å². The van der Waals surface area contributed by atoms with Crippen LogP contribution in [0.2, 0.25) is 0 Å². The molecule has 1 aromatic carbocycles. The molecule has 3 rings (SSSR count). The summed E-state index contributed by atoms with van der Waals surface area (Å²) in [5.41, 5.74) is 5.05. The minimum absolute atomic E-state index is 0.0221. The van der Waals surface area contributed by atoms with Gasteiger partial charge in [-0.15, -0.1) is 0 Å². The van der Waals surface area contributed by atoms with Gasteiger partial charge in [0.25, 0.3) is 5.91 Å². The number of primary amides is 1. The summed E-state index contributed by atoms with van der Waals surface area (Å²) in [6.07, 6.45) is -0.0495. The van der Waals surface area contributed by atoms with Crippen LogP contribution in [0, 0.1) is 5.82 Å². The van der Waals surface area contributed by atoms with Crippen LogP contribution >= 0.6 is 0 Å². The second-order valence-electron chi connectivity index (χ2n) is 8.59. The van der Waals surface area contributed by atoms with E-state index in [1.165, 1.54) is 18.1 Å². The zero-order chi connectivity index (χ0) is 22.4. The summed E-state index contributed by atoms with van der Waals surface area (Å²) in [7, 11) is 0.314. The Morgan fingerprint density at radius 3 is 2.40 bits per heavy atom. The smallest absolute Gasteiger partial charge is 0.469 e. The van der Waals surface area contributed by atoms with Gasteiger partial charge in [0.1, 0.15) is 11.9 Å². The average Bonchev–Trinajstić information content (AvgIpc) is 3.06. The van der Waals surface area contributed by atoms with Crippen LogP contribution in [0.4, 0.5) is 4.39 Å². The molecule has 0 radical (unpaired) electrons. The molecule has 2 aliphatic heterocycles. The molecule has 1 fully saturated rings. The van der Waals surface area contributed by atoms with E-state index in [-0.39, 0.29) is 30.4 Å². The Morgan fingerprint density at radius 1 is 1.27 bits per heavy atom. The van der Waals surface area contributed by atoms with Gasteiger partial charge >= 0.3 is 13.1 Å². The van der Waals surface area contributed by atoms with Gasteiger partial charge in [0, 0.05) is 24.0 Å². The van der Waals surface area contributed by atoms with Crippen molar-refractivity contribution in [2.24, 2.45) is 5.73 Å². The van der Waals surface area contributed by atoms with Crippen LogP contribution < -0.4 is 11.2 Å². The van der Waals surface area contributed by atoms with Gasteiger partial charge in [-0.2, -0.15) is 0 Å². The first kappa shape index (κ1) is 22.2. The van der Waals surface area contributed by atoms with E-state index >= 15 is 0 Å². The molecule has 2 heterocycles. The normalized spacial score (nSPS) is 20.3. The van der Waals surface area contributed by atoms with Crippen LogP contribution in [0.5, 0.6) is 0 Å². The third-order valence-corrected chi connectivity index (χ3v) is 6.12. The molecule has 1 unspecified atom stereocenters. The Balaban J connectivity index is 1.87. The first-order valence-electron chi connectivity index (χ1n) is 9.73. The Bertz CT molecular complexity index is 888. The number of rotatable bonds is 6. The van der Waals surface area contributed by atoms with Crippen molar-refractivity contribution < 1.29 is 32.8 Å². The molecule has 0 aliphatic carbocycles. The fraction of sp³-hybridized carbons (Fsp3) is 0.550. The Labute approximate surface area is 175 Å². The van der Waals surface area contributed by atoms with Gasteiger partial charge in [-0.05, 0) is 45.7 Å². The fourth-order valence-electron chi connectivity index (χ4n) is 3.59. The molecular weight excluding hydrogens is 394 g/mol. The maximum absolute atomic E-state index is 14.9. The van der Waals surface area contributed by atoms with Gasteiger partial charge in [0.15, 0.2) is 0 Å². The highest BCUT2D eigenvalue weighted by Crippen LogP contribution is 2.37. The van der Waals surface area contributed by atoms with E-state index in [0.717, 1.165) is 6.07 Å². The standard InChI is InChI=1S/C20H26BFN2O6/c1-19(2)20(3,4)30-21(29-19)13-8-11-10-24(18(27)12(11)9-14(13)22)15(17(23)26)6-7-16(25)28-5/h8-9,15H,6-7,10H2,1-5H3,(H2,23,26). The highest BCUT2D eigenvalue weighted by molar-refractivity contribution is 6.62. The maximum atomic E-state index is 14.9. The van der Waals surface area contributed by atoms with E-state index in [1.54, 1.807) is 0 Å². The van der Waals surface area contributed by atoms with Crippen molar-refractivity contribution in [3.63, 3.8) is 0 Å². The third kappa shape index (κ3) is 3.81. The molecule has 2 amide bonds. The number of nitrogens with two attached hydrogens (primary N) is 1. The van der Waals surface area contributed by atoms with Crippen molar-refractivity contribution in [3.8, 4) is 0 Å². The zero-order valence-corrected chi connectivity index (χ0v) is 17.8. The lowest BCUT2D eigenvalue weighted by Gasteiger charge is -2.32. The number of halogens is 1. The Morgan fingerprint density at radius 2 is 1.87 bits per heavy atom. The highest BCUT2D eigenvalue weighted by Gasteiger charge is 2.53. The molecule has 162 valence electrons. The van der Waals surface area contributed by atoms with Crippen molar-refractivity contribution in [1.29, 1.82) is 0 Å². The van der Waals surface area contributed by atoms with Gasteiger partial charge in [0.05, 0.1) is 18.3 Å². The second kappa shape index (κ2) is 7.66. The summed E-state index contributed by atoms with van der Waals surface area (Å²) in [5, 5.41) is 0. The summed E-state index contributed by atoms with van der Waals surface area (Å²) in [4.78, 5) is 37.4. The topological polar surface area (TPSA) is 108 Å². The lowest BCUT2D eigenvalue weighted by molar-refractivity contribution is -0.141. The average molecular weight is 420 g/mol. The van der Waals surface area contributed by atoms with Gasteiger partial charge in [0.2, 0.25) is 5.91 Å². The molecule has 2 aliphatic rings. The highest BCUT2D eigenvalue weighted by atomic mass is 19.1. The predicted molar refractivity (Wildman–Crippen MR) is 106 cm³/mol. The van der Waals surface area contributed by atoms with Crippen LogP contribution in [0.25, 0.3) is 0 Å². The van der Waals surface area contributed by atoms with Gasteiger partial charge in [-0.1, -0.05) is 6.07 Å². The van der Waals surface area contributed by atoms with Crippen LogP contribution in [0.3, 0.4) is 0 Å². The predicted octanol–water partition coefficient (Wildman–Crippen LogP) is 0.888. The van der Waals surface area contributed by atoms with Crippen LogP contribution in [-0.4, -0.2) is 54.2 Å². The number of carbonyl (C=O) groups is 3. The summed E-state index contributed by atoms with van der Waals surface area (Å²) >= 11 is 0. The lowest BCUT2D eigenvalue weighted by atomic mass is 9.77. The van der Waals surface area contributed by atoms with E-state index in [0.29, 0.717) is 5.56 Å². The van der Waals surface area contributed by atoms with Gasteiger partial charge in [-0.25, -0.2) is 4.39 Å². The van der Waals surface area contributed by atoms with E-state index < -0.39 is 48.0 Å². The molecule has 1 aromatic rings. The van der Waals surface area contributed by atoms with Crippen molar-refractivity contribution in [3.05, 3.63) is 29.1 Å². The fourth-order valence-corrected chi connectivity index (χ4v) is 3.59. The number of fused-ring (bicyclic) bond motifs is 1. The van der Waals surface area contributed by atoms with Gasteiger partial charge < -0.3 is 24.7 Å². The molecule has 0 saturated carbocycles. The molecule has 2 N–H and O–H groups in total.